The molecule has 0 atom stereocenters. The molecule has 0 aliphatic rings. The Morgan fingerprint density at radius 2 is 1.93 bits per heavy atom. The number of hydrogen-bond donors (Lipinski definition) is 0. The third-order valence-corrected chi connectivity index (χ3v) is 3.32. The first kappa shape index (κ1) is 11.3. The number of rotatable bonds is 3. The highest BCUT2D eigenvalue weighted by Crippen LogP contribution is 2.12. The average Bonchev–Trinajstić information content (AvgIpc) is 2.17. The van der Waals surface area contributed by atoms with Crippen LogP contribution in [0.2, 0.25) is 5.28 Å². The van der Waals surface area contributed by atoms with Gasteiger partial charge in [-0.3, -0.25) is 4.84 Å². The van der Waals surface area contributed by atoms with Gasteiger partial charge >= 0.3 is 0 Å². The largest absolute Gasteiger partial charge is 0.288 e. The lowest BCUT2D eigenvalue weighted by Crippen LogP contribution is -2.25. The van der Waals surface area contributed by atoms with E-state index in [-0.39, 0.29) is 10.2 Å². The van der Waals surface area contributed by atoms with Gasteiger partial charge in [-0.25, -0.2) is 18.4 Å². The fourth-order valence-corrected chi connectivity index (χ4v) is 1.64. The van der Waals surface area contributed by atoms with E-state index in [1.165, 1.54) is 14.2 Å². The Kier molecular flexibility index (Phi) is 3.38. The summed E-state index contributed by atoms with van der Waals surface area (Å²) >= 11 is 5.41. The van der Waals surface area contributed by atoms with Crippen LogP contribution >= 0.6 is 11.6 Å². The minimum Gasteiger partial charge on any atom is -0.288 e. The van der Waals surface area contributed by atoms with Gasteiger partial charge in [0.25, 0.3) is 10.0 Å². The zero-order valence-electron chi connectivity index (χ0n) is 7.51. The van der Waals surface area contributed by atoms with Crippen molar-refractivity contribution < 1.29 is 13.3 Å². The lowest BCUT2D eigenvalue weighted by Gasteiger charge is -2.12. The lowest BCUT2D eigenvalue weighted by atomic mass is 10.7. The normalized spacial score (nSPS) is 12.0. The van der Waals surface area contributed by atoms with Crippen molar-refractivity contribution in [1.82, 2.24) is 14.4 Å². The maximum Gasteiger partial charge on any atom is 0.267 e. The van der Waals surface area contributed by atoms with Crippen LogP contribution in [0.3, 0.4) is 0 Å². The summed E-state index contributed by atoms with van der Waals surface area (Å²) in [5.74, 6) is 0. The van der Waals surface area contributed by atoms with Crippen molar-refractivity contribution >= 4 is 21.6 Å². The highest BCUT2D eigenvalue weighted by atomic mass is 35.5. The molecule has 0 aromatic carbocycles. The summed E-state index contributed by atoms with van der Waals surface area (Å²) in [5.41, 5.74) is 0. The topological polar surface area (TPSA) is 72.4 Å². The van der Waals surface area contributed by atoms with Crippen molar-refractivity contribution in [2.75, 3.05) is 14.2 Å². The van der Waals surface area contributed by atoms with Crippen LogP contribution in [0.4, 0.5) is 0 Å². The number of aromatic nitrogens is 2. The van der Waals surface area contributed by atoms with Gasteiger partial charge in [0.05, 0.1) is 19.5 Å². The smallest absolute Gasteiger partial charge is 0.267 e. The van der Waals surface area contributed by atoms with Crippen molar-refractivity contribution in [1.29, 1.82) is 0 Å². The standard InChI is InChI=1S/C6H8ClN3O3S/c1-10(13-2)14(11,12)5-3-8-6(7)9-4-5/h3-4H,1-2H3. The molecule has 0 saturated carbocycles. The predicted octanol–water partition coefficient (Wildman–Crippen LogP) is 0.312. The Bertz CT molecular complexity index is 405. The van der Waals surface area contributed by atoms with E-state index in [0.717, 1.165) is 12.4 Å². The first-order valence-corrected chi connectivity index (χ1v) is 5.31. The van der Waals surface area contributed by atoms with Crippen LogP contribution in [0, 0.1) is 0 Å². The molecule has 0 saturated heterocycles. The molecule has 14 heavy (non-hydrogen) atoms. The van der Waals surface area contributed by atoms with Gasteiger partial charge in [0.2, 0.25) is 5.28 Å². The monoisotopic (exact) mass is 237 g/mol. The molecule has 78 valence electrons. The maximum absolute atomic E-state index is 11.6. The second-order valence-electron chi connectivity index (χ2n) is 2.29. The van der Waals surface area contributed by atoms with Crippen molar-refractivity contribution in [3.8, 4) is 0 Å². The van der Waals surface area contributed by atoms with Crippen LogP contribution in [0.15, 0.2) is 17.3 Å². The minimum atomic E-state index is -3.68. The van der Waals surface area contributed by atoms with Gasteiger partial charge in [-0.1, -0.05) is 4.47 Å². The van der Waals surface area contributed by atoms with Crippen LogP contribution in [0.5, 0.6) is 0 Å². The zero-order chi connectivity index (χ0) is 10.8. The molecule has 0 unspecified atom stereocenters. The maximum atomic E-state index is 11.6. The van der Waals surface area contributed by atoms with Crippen LogP contribution in [0.25, 0.3) is 0 Å². The molecule has 1 aromatic rings. The first-order valence-electron chi connectivity index (χ1n) is 3.49. The lowest BCUT2D eigenvalue weighted by molar-refractivity contribution is -0.0259. The highest BCUT2D eigenvalue weighted by molar-refractivity contribution is 7.89. The molecule has 0 bridgehead atoms. The third kappa shape index (κ3) is 2.18. The van der Waals surface area contributed by atoms with Gasteiger partial charge in [0.15, 0.2) is 0 Å². The quantitative estimate of drug-likeness (QED) is 0.559. The van der Waals surface area contributed by atoms with E-state index in [1.807, 2.05) is 0 Å². The summed E-state index contributed by atoms with van der Waals surface area (Å²) in [5, 5.41) is -0.0102. The Hall–Kier alpha value is -0.760. The summed E-state index contributed by atoms with van der Waals surface area (Å²) in [6.07, 6.45) is 2.22. The van der Waals surface area contributed by atoms with Crippen LogP contribution in [0.1, 0.15) is 0 Å². The number of hydroxylamine groups is 1. The van der Waals surface area contributed by atoms with Crippen molar-refractivity contribution in [2.45, 2.75) is 4.90 Å². The van der Waals surface area contributed by atoms with E-state index < -0.39 is 10.0 Å². The second-order valence-corrected chi connectivity index (χ2v) is 4.56. The van der Waals surface area contributed by atoms with Gasteiger partial charge in [-0.15, -0.1) is 0 Å². The Balaban J connectivity index is 3.11. The van der Waals surface area contributed by atoms with E-state index in [0.29, 0.717) is 4.47 Å². The van der Waals surface area contributed by atoms with E-state index in [4.69, 9.17) is 11.6 Å². The van der Waals surface area contributed by atoms with E-state index >= 15 is 0 Å². The SMILES string of the molecule is CON(C)S(=O)(=O)c1cnc(Cl)nc1. The molecule has 0 amide bonds. The highest BCUT2D eigenvalue weighted by Gasteiger charge is 2.21. The molecule has 6 nitrogen and oxygen atoms in total. The van der Waals surface area contributed by atoms with Gasteiger partial charge < -0.3 is 0 Å². The number of sulfonamides is 1. The summed E-state index contributed by atoms with van der Waals surface area (Å²) < 4.78 is 23.8. The van der Waals surface area contributed by atoms with E-state index in [1.54, 1.807) is 0 Å². The molecule has 0 aliphatic heterocycles. The zero-order valence-corrected chi connectivity index (χ0v) is 9.08. The Morgan fingerprint density at radius 3 is 2.36 bits per heavy atom. The van der Waals surface area contributed by atoms with Gasteiger partial charge in [-0.05, 0) is 11.6 Å². The summed E-state index contributed by atoms with van der Waals surface area (Å²) in [7, 11) is -1.17. The van der Waals surface area contributed by atoms with Gasteiger partial charge in [0.1, 0.15) is 4.90 Å². The third-order valence-electron chi connectivity index (χ3n) is 1.49. The molecule has 0 fully saturated rings. The molecule has 0 spiro atoms. The van der Waals surface area contributed by atoms with Gasteiger partial charge in [-0.2, -0.15) is 0 Å². The molecule has 0 N–H and O–H groups in total. The van der Waals surface area contributed by atoms with Gasteiger partial charge in [0, 0.05) is 7.05 Å². The fraction of sp³-hybridized carbons (Fsp3) is 0.333. The minimum absolute atomic E-state index is 0.0102. The van der Waals surface area contributed by atoms with Crippen LogP contribution < -0.4 is 0 Å². The average molecular weight is 238 g/mol. The summed E-state index contributed by atoms with van der Waals surface area (Å²) in [6, 6.07) is 0. The molecular formula is C6H8ClN3O3S. The van der Waals surface area contributed by atoms with Crippen LogP contribution in [-0.2, 0) is 14.9 Å². The Morgan fingerprint density at radius 1 is 1.43 bits per heavy atom. The predicted molar refractivity (Wildman–Crippen MR) is 49.0 cm³/mol. The Labute approximate surface area is 86.5 Å². The number of hydrogen-bond acceptors (Lipinski definition) is 5. The molecule has 1 aromatic heterocycles. The first-order chi connectivity index (χ1) is 6.48. The molecule has 0 radical (unpaired) electrons. The van der Waals surface area contributed by atoms with E-state index in [9.17, 15) is 8.42 Å². The number of nitrogens with zero attached hydrogens (tertiary/aromatic N) is 3. The molecule has 8 heteroatoms. The number of halogens is 1. The van der Waals surface area contributed by atoms with E-state index in [2.05, 4.69) is 14.8 Å². The molecule has 1 heterocycles. The van der Waals surface area contributed by atoms with Crippen molar-refractivity contribution in [3.05, 3.63) is 17.7 Å². The molecular weight excluding hydrogens is 230 g/mol. The van der Waals surface area contributed by atoms with Crippen molar-refractivity contribution in [2.24, 2.45) is 0 Å². The van der Waals surface area contributed by atoms with Crippen molar-refractivity contribution in [3.63, 3.8) is 0 Å². The molecule has 0 aliphatic carbocycles. The fourth-order valence-electron chi connectivity index (χ4n) is 0.680. The molecule has 1 rings (SSSR count). The summed E-state index contributed by atoms with van der Waals surface area (Å²) in [6.45, 7) is 0. The second kappa shape index (κ2) is 4.18. The van der Waals surface area contributed by atoms with Crippen LogP contribution in [-0.4, -0.2) is 37.0 Å². The summed E-state index contributed by atoms with van der Waals surface area (Å²) in [4.78, 5) is 11.6.